The Kier molecular flexibility index (Phi) is 7.88. The monoisotopic (exact) mass is 343 g/mol. The molecule has 0 aliphatic carbocycles. The number of likely N-dealkylation sites (N-methyl/N-ethyl adjacent to an activating group) is 1. The molecule has 0 aromatic heterocycles. The third-order valence-corrected chi connectivity index (χ3v) is 3.64. The molecule has 0 unspecified atom stereocenters. The number of aliphatic hydroxyl groups excluding tert-OH is 1. The Labute approximate surface area is 148 Å². The van der Waals surface area contributed by atoms with Crippen LogP contribution in [-0.4, -0.2) is 45.1 Å². The number of methoxy groups -OCH3 is 1. The molecular formula is C19H25N3O3. The molecule has 0 amide bonds. The van der Waals surface area contributed by atoms with Crippen LogP contribution in [0.4, 0.5) is 17.1 Å². The molecule has 0 fully saturated rings. The minimum Gasteiger partial charge on any atom is -0.491 e. The number of hydrogen-bond acceptors (Lipinski definition) is 6. The van der Waals surface area contributed by atoms with E-state index in [9.17, 15) is 0 Å². The van der Waals surface area contributed by atoms with Gasteiger partial charge in [-0.2, -0.15) is 10.2 Å². The van der Waals surface area contributed by atoms with Crippen molar-refractivity contribution >= 4 is 17.1 Å². The molecule has 134 valence electrons. The second-order valence-corrected chi connectivity index (χ2v) is 5.35. The van der Waals surface area contributed by atoms with Gasteiger partial charge in [-0.05, 0) is 55.5 Å². The topological polar surface area (TPSA) is 66.7 Å². The zero-order chi connectivity index (χ0) is 17.9. The molecule has 0 bridgehead atoms. The van der Waals surface area contributed by atoms with Gasteiger partial charge < -0.3 is 19.5 Å². The lowest BCUT2D eigenvalue weighted by Gasteiger charge is -2.21. The fraction of sp³-hybridized carbons (Fsp3) is 0.368. The predicted molar refractivity (Wildman–Crippen MR) is 99.4 cm³/mol. The molecule has 0 radical (unpaired) electrons. The van der Waals surface area contributed by atoms with E-state index in [1.807, 2.05) is 48.5 Å². The number of aliphatic hydroxyl groups is 1. The molecule has 2 rings (SSSR count). The Balaban J connectivity index is 1.94. The lowest BCUT2D eigenvalue weighted by Crippen LogP contribution is -2.25. The van der Waals surface area contributed by atoms with Crippen LogP contribution >= 0.6 is 0 Å². The summed E-state index contributed by atoms with van der Waals surface area (Å²) in [6.45, 7) is 4.75. The van der Waals surface area contributed by atoms with Gasteiger partial charge in [0.2, 0.25) is 0 Å². The van der Waals surface area contributed by atoms with Gasteiger partial charge in [-0.1, -0.05) is 0 Å². The van der Waals surface area contributed by atoms with Gasteiger partial charge in [0.05, 0.1) is 24.6 Å². The van der Waals surface area contributed by atoms with Crippen LogP contribution in [0.15, 0.2) is 58.8 Å². The van der Waals surface area contributed by atoms with Crippen molar-refractivity contribution in [2.45, 2.75) is 6.92 Å². The van der Waals surface area contributed by atoms with E-state index in [1.165, 1.54) is 0 Å². The second-order valence-electron chi connectivity index (χ2n) is 5.35. The average Bonchev–Trinajstić information content (AvgIpc) is 2.66. The molecule has 0 saturated carbocycles. The maximum Gasteiger partial charge on any atom is 0.119 e. The van der Waals surface area contributed by atoms with Gasteiger partial charge in [0.15, 0.2) is 0 Å². The molecule has 2 aromatic rings. The molecule has 0 atom stereocenters. The highest BCUT2D eigenvalue weighted by Gasteiger charge is 2.03. The zero-order valence-electron chi connectivity index (χ0n) is 14.8. The van der Waals surface area contributed by atoms with Crippen LogP contribution in [0, 0.1) is 0 Å². The molecule has 1 N–H and O–H groups in total. The summed E-state index contributed by atoms with van der Waals surface area (Å²) in [5.41, 5.74) is 2.61. The number of nitrogens with zero attached hydrogens (tertiary/aromatic N) is 3. The van der Waals surface area contributed by atoms with Crippen molar-refractivity contribution in [3.05, 3.63) is 48.5 Å². The summed E-state index contributed by atoms with van der Waals surface area (Å²) in [5.74, 6) is 0.781. The number of anilines is 1. The maximum atomic E-state index is 9.08. The summed E-state index contributed by atoms with van der Waals surface area (Å²) in [6.07, 6.45) is 0. The minimum absolute atomic E-state index is 0.139. The molecule has 25 heavy (non-hydrogen) atoms. The molecule has 0 aliphatic rings. The van der Waals surface area contributed by atoms with Crippen molar-refractivity contribution in [1.29, 1.82) is 0 Å². The van der Waals surface area contributed by atoms with Crippen molar-refractivity contribution in [3.63, 3.8) is 0 Å². The molecule has 0 saturated heterocycles. The van der Waals surface area contributed by atoms with Gasteiger partial charge in [0, 0.05) is 25.9 Å². The first-order valence-electron chi connectivity index (χ1n) is 8.36. The molecule has 6 nitrogen and oxygen atoms in total. The average molecular weight is 343 g/mol. The van der Waals surface area contributed by atoms with E-state index in [1.54, 1.807) is 7.11 Å². The van der Waals surface area contributed by atoms with Crippen molar-refractivity contribution in [2.24, 2.45) is 10.2 Å². The molecule has 6 heteroatoms. The lowest BCUT2D eigenvalue weighted by atomic mass is 10.2. The molecule has 0 heterocycles. The number of hydrogen-bond donors (Lipinski definition) is 1. The Morgan fingerprint density at radius 2 is 1.52 bits per heavy atom. The molecule has 0 spiro atoms. The summed E-state index contributed by atoms with van der Waals surface area (Å²) >= 11 is 0. The minimum atomic E-state index is 0.139. The standard InChI is InChI=1S/C19H25N3O3/c1-3-22(12-13-23)18-8-4-16(5-9-18)20-21-17-6-10-19(11-7-17)25-15-14-24-2/h4-11,23H,3,12-15H2,1-2H3. The Morgan fingerprint density at radius 3 is 2.04 bits per heavy atom. The first kappa shape index (κ1) is 18.9. The Hall–Kier alpha value is -2.44. The van der Waals surface area contributed by atoms with E-state index in [-0.39, 0.29) is 6.61 Å². The Bertz CT molecular complexity index is 642. The van der Waals surface area contributed by atoms with Gasteiger partial charge in [0.1, 0.15) is 12.4 Å². The normalized spacial score (nSPS) is 11.0. The highest BCUT2D eigenvalue weighted by atomic mass is 16.5. The van der Waals surface area contributed by atoms with E-state index >= 15 is 0 Å². The van der Waals surface area contributed by atoms with Crippen LogP contribution in [0.3, 0.4) is 0 Å². The quantitative estimate of drug-likeness (QED) is 0.524. The third kappa shape index (κ3) is 6.17. The van der Waals surface area contributed by atoms with Crippen molar-refractivity contribution in [1.82, 2.24) is 0 Å². The fourth-order valence-electron chi connectivity index (χ4n) is 2.29. The number of ether oxygens (including phenoxy) is 2. The van der Waals surface area contributed by atoms with Gasteiger partial charge in [0.25, 0.3) is 0 Å². The van der Waals surface area contributed by atoms with E-state index in [0.717, 1.165) is 29.4 Å². The van der Waals surface area contributed by atoms with Crippen molar-refractivity contribution in [2.75, 3.05) is 44.9 Å². The first-order valence-corrected chi connectivity index (χ1v) is 8.36. The SMILES string of the molecule is CCN(CCO)c1ccc(N=Nc2ccc(OCCOC)cc2)cc1. The highest BCUT2D eigenvalue weighted by Crippen LogP contribution is 2.23. The van der Waals surface area contributed by atoms with Gasteiger partial charge in [-0.25, -0.2) is 0 Å². The molecule has 0 aliphatic heterocycles. The van der Waals surface area contributed by atoms with E-state index in [0.29, 0.717) is 19.8 Å². The summed E-state index contributed by atoms with van der Waals surface area (Å²) in [7, 11) is 1.64. The zero-order valence-corrected chi connectivity index (χ0v) is 14.8. The maximum absolute atomic E-state index is 9.08. The summed E-state index contributed by atoms with van der Waals surface area (Å²) in [5, 5.41) is 17.6. The number of rotatable bonds is 10. The molecule has 2 aromatic carbocycles. The van der Waals surface area contributed by atoms with Crippen LogP contribution in [-0.2, 0) is 4.74 Å². The van der Waals surface area contributed by atoms with E-state index in [4.69, 9.17) is 14.6 Å². The van der Waals surface area contributed by atoms with Crippen molar-refractivity contribution in [3.8, 4) is 5.75 Å². The second kappa shape index (κ2) is 10.4. The summed E-state index contributed by atoms with van der Waals surface area (Å²) < 4.78 is 10.5. The van der Waals surface area contributed by atoms with Gasteiger partial charge in [-0.15, -0.1) is 0 Å². The van der Waals surface area contributed by atoms with Crippen molar-refractivity contribution < 1.29 is 14.6 Å². The van der Waals surface area contributed by atoms with E-state index in [2.05, 4.69) is 22.1 Å². The number of benzene rings is 2. The largest absolute Gasteiger partial charge is 0.491 e. The summed E-state index contributed by atoms with van der Waals surface area (Å²) in [6, 6.07) is 15.3. The molecular weight excluding hydrogens is 318 g/mol. The van der Waals surface area contributed by atoms with Crippen LogP contribution in [0.2, 0.25) is 0 Å². The van der Waals surface area contributed by atoms with E-state index < -0.39 is 0 Å². The van der Waals surface area contributed by atoms with Crippen LogP contribution in [0.1, 0.15) is 6.92 Å². The number of azo groups is 1. The van der Waals surface area contributed by atoms with Crippen LogP contribution < -0.4 is 9.64 Å². The Morgan fingerprint density at radius 1 is 0.920 bits per heavy atom. The van der Waals surface area contributed by atoms with Gasteiger partial charge in [-0.3, -0.25) is 0 Å². The summed E-state index contributed by atoms with van der Waals surface area (Å²) in [4.78, 5) is 2.10. The first-order chi connectivity index (χ1) is 12.3. The highest BCUT2D eigenvalue weighted by molar-refractivity contribution is 5.53. The smallest absolute Gasteiger partial charge is 0.119 e. The van der Waals surface area contributed by atoms with Gasteiger partial charge >= 0.3 is 0 Å². The predicted octanol–water partition coefficient (Wildman–Crippen LogP) is 3.95. The van der Waals surface area contributed by atoms with Crippen LogP contribution in [0.5, 0.6) is 5.75 Å². The fourth-order valence-corrected chi connectivity index (χ4v) is 2.29. The van der Waals surface area contributed by atoms with Crippen LogP contribution in [0.25, 0.3) is 0 Å². The lowest BCUT2D eigenvalue weighted by molar-refractivity contribution is 0.146. The third-order valence-electron chi connectivity index (χ3n) is 3.64.